The van der Waals surface area contributed by atoms with Gasteiger partial charge in [-0.15, -0.1) is 0 Å². The molecule has 2 saturated heterocycles. The van der Waals surface area contributed by atoms with Crippen LogP contribution in [-0.2, 0) is 19.8 Å². The number of hydrogen-bond acceptors (Lipinski definition) is 5. The number of β-lactam (4-membered cyclic amide) rings is 1. The molecule has 20 heavy (non-hydrogen) atoms. The topological polar surface area (TPSA) is 104 Å². The molecule has 0 saturated carbocycles. The van der Waals surface area contributed by atoms with Crippen molar-refractivity contribution < 1.29 is 27.3 Å². The fraction of sp³-hybridized carbons (Fsp3) is 0.818. The highest BCUT2D eigenvalue weighted by Crippen LogP contribution is 2.35. The van der Waals surface area contributed by atoms with Crippen molar-refractivity contribution in [2.75, 3.05) is 6.54 Å². The molecule has 0 radical (unpaired) electrons. The molecule has 2 fully saturated rings. The Morgan fingerprint density at radius 1 is 1.40 bits per heavy atom. The lowest BCUT2D eigenvalue weighted by molar-refractivity contribution is -0.152. The number of nitrogens with zero attached hydrogens (tertiary/aromatic N) is 2. The summed E-state index contributed by atoms with van der Waals surface area (Å²) in [5.74, 6) is -0.789. The minimum absolute atomic E-state index is 0.334. The molecule has 2 rings (SSSR count). The van der Waals surface area contributed by atoms with Gasteiger partial charge in [-0.2, -0.15) is 8.42 Å². The molecule has 0 bridgehead atoms. The van der Waals surface area contributed by atoms with E-state index >= 15 is 0 Å². The van der Waals surface area contributed by atoms with Gasteiger partial charge in [0.2, 0.25) is 0 Å². The van der Waals surface area contributed by atoms with Crippen molar-refractivity contribution in [1.29, 1.82) is 0 Å². The van der Waals surface area contributed by atoms with Crippen molar-refractivity contribution in [2.24, 2.45) is 0 Å². The van der Waals surface area contributed by atoms with Crippen LogP contribution in [0.4, 0.5) is 4.79 Å². The zero-order chi connectivity index (χ0) is 15.3. The van der Waals surface area contributed by atoms with Crippen LogP contribution in [0.15, 0.2) is 0 Å². The second-order valence-corrected chi connectivity index (χ2v) is 7.23. The summed E-state index contributed by atoms with van der Waals surface area (Å²) in [6.45, 7) is 5.46. The Labute approximate surface area is 117 Å². The van der Waals surface area contributed by atoms with E-state index in [2.05, 4.69) is 0 Å². The highest BCUT2D eigenvalue weighted by molar-refractivity contribution is 7.84. The van der Waals surface area contributed by atoms with Gasteiger partial charge in [-0.3, -0.25) is 14.2 Å². The first-order valence-electron chi connectivity index (χ1n) is 6.33. The second-order valence-electron chi connectivity index (χ2n) is 5.94. The molecule has 2 aliphatic rings. The van der Waals surface area contributed by atoms with Gasteiger partial charge in [0.05, 0.1) is 6.04 Å². The van der Waals surface area contributed by atoms with Crippen molar-refractivity contribution in [3.8, 4) is 0 Å². The number of carbonyl (C=O) groups is 2. The average Bonchev–Trinajstić information content (AvgIpc) is 2.22. The van der Waals surface area contributed by atoms with Crippen LogP contribution in [0.2, 0.25) is 0 Å². The molecule has 2 atom stereocenters. The average molecular weight is 306 g/mol. The molecule has 8 nitrogen and oxygen atoms in total. The minimum Gasteiger partial charge on any atom is -0.444 e. The molecule has 1 N–H and O–H groups in total. The summed E-state index contributed by atoms with van der Waals surface area (Å²) in [7, 11) is -4.56. The fourth-order valence-electron chi connectivity index (χ4n) is 2.54. The maximum Gasteiger partial charge on any atom is 0.411 e. The first kappa shape index (κ1) is 15.0. The Balaban J connectivity index is 2.16. The van der Waals surface area contributed by atoms with Crippen LogP contribution in [0.25, 0.3) is 0 Å². The van der Waals surface area contributed by atoms with Crippen LogP contribution in [0.5, 0.6) is 0 Å². The Kier molecular flexibility index (Phi) is 3.45. The van der Waals surface area contributed by atoms with Gasteiger partial charge in [0.15, 0.2) is 0 Å². The van der Waals surface area contributed by atoms with Gasteiger partial charge in [-0.05, 0) is 33.6 Å². The van der Waals surface area contributed by atoms with Gasteiger partial charge in [0.1, 0.15) is 11.6 Å². The third-order valence-electron chi connectivity index (χ3n) is 3.25. The minimum atomic E-state index is -4.56. The number of ether oxygens (including phenoxy) is 1. The van der Waals surface area contributed by atoms with Crippen molar-refractivity contribution >= 4 is 22.3 Å². The van der Waals surface area contributed by atoms with Gasteiger partial charge in [-0.1, -0.05) is 0 Å². The summed E-state index contributed by atoms with van der Waals surface area (Å²) in [5, 5.41) is 0. The summed E-state index contributed by atoms with van der Waals surface area (Å²) < 4.78 is 36.9. The van der Waals surface area contributed by atoms with E-state index in [0.29, 0.717) is 23.7 Å². The van der Waals surface area contributed by atoms with E-state index < -0.39 is 40.0 Å². The van der Waals surface area contributed by atoms with Crippen LogP contribution in [-0.4, -0.2) is 58.4 Å². The zero-order valence-electron chi connectivity index (χ0n) is 11.6. The van der Waals surface area contributed by atoms with Crippen LogP contribution in [0, 0.1) is 0 Å². The Morgan fingerprint density at radius 3 is 2.50 bits per heavy atom. The predicted molar refractivity (Wildman–Crippen MR) is 68.1 cm³/mol. The lowest BCUT2D eigenvalue weighted by atomic mass is 9.89. The first-order chi connectivity index (χ1) is 9.02. The number of likely N-dealkylation sites (tertiary alicyclic amines) is 1. The maximum absolute atomic E-state index is 12.0. The normalized spacial score (nSPS) is 26.9. The quantitative estimate of drug-likeness (QED) is 0.555. The largest absolute Gasteiger partial charge is 0.444 e. The van der Waals surface area contributed by atoms with Crippen molar-refractivity contribution in [1.82, 2.24) is 9.21 Å². The van der Waals surface area contributed by atoms with E-state index in [-0.39, 0.29) is 0 Å². The van der Waals surface area contributed by atoms with Gasteiger partial charge in [0.25, 0.3) is 5.91 Å². The van der Waals surface area contributed by atoms with E-state index in [4.69, 9.17) is 9.29 Å². The Bertz CT molecular complexity index is 538. The standard InChI is InChI=1S/C11H18N2O6S/c1-11(2,3)19-10(15)12-6-4-5-7-8(12)9(14)13(7)20(16,17)18/h7-8H,4-6H2,1-3H3,(H,16,17,18)/t7-,8+/m1/s1. The number of carbonyl (C=O) groups excluding carboxylic acids is 2. The van der Waals surface area contributed by atoms with Crippen LogP contribution < -0.4 is 0 Å². The SMILES string of the molecule is CC(C)(C)OC(=O)N1CCC[C@@H]2[C@H]1C(=O)N2S(=O)(=O)O. The van der Waals surface area contributed by atoms with E-state index in [0.717, 1.165) is 0 Å². The van der Waals surface area contributed by atoms with Crippen LogP contribution >= 0.6 is 0 Å². The van der Waals surface area contributed by atoms with Crippen LogP contribution in [0.1, 0.15) is 33.6 Å². The molecule has 9 heteroatoms. The molecule has 2 amide bonds. The molecule has 0 aliphatic carbocycles. The zero-order valence-corrected chi connectivity index (χ0v) is 12.4. The van der Waals surface area contributed by atoms with Gasteiger partial charge in [-0.25, -0.2) is 9.10 Å². The number of rotatable bonds is 1. The highest BCUT2D eigenvalue weighted by Gasteiger charge is 2.58. The van der Waals surface area contributed by atoms with Crippen LogP contribution in [0.3, 0.4) is 0 Å². The van der Waals surface area contributed by atoms with Crippen molar-refractivity contribution in [2.45, 2.75) is 51.3 Å². The molecule has 114 valence electrons. The lowest BCUT2D eigenvalue weighted by Gasteiger charge is -2.51. The molecular formula is C11H18N2O6S. The lowest BCUT2D eigenvalue weighted by Crippen LogP contribution is -2.74. The first-order valence-corrected chi connectivity index (χ1v) is 7.72. The Hall–Kier alpha value is -1.35. The molecule has 0 aromatic heterocycles. The second kappa shape index (κ2) is 4.59. The smallest absolute Gasteiger partial charge is 0.411 e. The predicted octanol–water partition coefficient (Wildman–Crippen LogP) is 0.400. The molecule has 0 aromatic rings. The fourth-order valence-corrected chi connectivity index (χ4v) is 3.44. The number of fused-ring (bicyclic) bond motifs is 1. The molecule has 0 spiro atoms. The number of hydrogen-bond donors (Lipinski definition) is 1. The molecule has 0 aromatic carbocycles. The Morgan fingerprint density at radius 2 is 2.00 bits per heavy atom. The van der Waals surface area contributed by atoms with E-state index in [1.54, 1.807) is 20.8 Å². The summed E-state index contributed by atoms with van der Waals surface area (Å²) in [5.41, 5.74) is -0.695. The van der Waals surface area contributed by atoms with Crippen molar-refractivity contribution in [3.05, 3.63) is 0 Å². The van der Waals surface area contributed by atoms with E-state index in [1.165, 1.54) is 4.90 Å². The molecule has 2 heterocycles. The summed E-state index contributed by atoms with van der Waals surface area (Å²) in [6, 6.07) is -1.56. The molecule has 2 aliphatic heterocycles. The third kappa shape index (κ3) is 2.59. The van der Waals surface area contributed by atoms with Gasteiger partial charge in [0, 0.05) is 6.54 Å². The van der Waals surface area contributed by atoms with Crippen molar-refractivity contribution in [3.63, 3.8) is 0 Å². The summed E-state index contributed by atoms with van der Waals surface area (Å²) >= 11 is 0. The number of piperidine rings is 1. The summed E-state index contributed by atoms with van der Waals surface area (Å²) in [6.07, 6.45) is 0.324. The maximum atomic E-state index is 12.0. The third-order valence-corrected chi connectivity index (χ3v) is 4.20. The van der Waals surface area contributed by atoms with Gasteiger partial charge < -0.3 is 4.74 Å². The molecule has 0 unspecified atom stereocenters. The highest BCUT2D eigenvalue weighted by atomic mass is 32.2. The molecular weight excluding hydrogens is 288 g/mol. The van der Waals surface area contributed by atoms with E-state index in [1.807, 2.05) is 0 Å². The van der Waals surface area contributed by atoms with E-state index in [9.17, 15) is 18.0 Å². The summed E-state index contributed by atoms with van der Waals surface area (Å²) in [4.78, 5) is 25.1. The van der Waals surface area contributed by atoms with Gasteiger partial charge >= 0.3 is 16.4 Å². The monoisotopic (exact) mass is 306 g/mol. The number of amides is 2.